The Morgan fingerprint density at radius 2 is 1.00 bits per heavy atom. The highest BCUT2D eigenvalue weighted by atomic mass is 79.9. The van der Waals surface area contributed by atoms with Crippen molar-refractivity contribution in [1.29, 1.82) is 0 Å². The molecule has 0 aliphatic carbocycles. The second-order valence-corrected chi connectivity index (χ2v) is 7.84. The van der Waals surface area contributed by atoms with Crippen LogP contribution >= 0.6 is 43.2 Å². The minimum atomic E-state index is -0.686. The second kappa shape index (κ2) is 7.03. The first-order valence-electron chi connectivity index (χ1n) is 6.86. The first-order chi connectivity index (χ1) is 11.9. The third kappa shape index (κ3) is 3.48. The predicted molar refractivity (Wildman–Crippen MR) is 104 cm³/mol. The Morgan fingerprint density at radius 3 is 1.28 bits per heavy atom. The molecular weight excluding hydrogens is 476 g/mol. The van der Waals surface area contributed by atoms with E-state index in [0.717, 1.165) is 20.3 Å². The number of benzene rings is 2. The van der Waals surface area contributed by atoms with Crippen LogP contribution in [0.25, 0.3) is 20.9 Å². The zero-order chi connectivity index (χ0) is 18.1. The molecule has 3 rings (SSSR count). The number of hydrogen-bond donors (Lipinski definition) is 0. The third-order valence-electron chi connectivity index (χ3n) is 3.44. The predicted octanol–water partition coefficient (Wildman–Crippen LogP) is 6.42. The van der Waals surface area contributed by atoms with Crippen LogP contribution in [0, 0.1) is 20.2 Å². The van der Waals surface area contributed by atoms with Crippen molar-refractivity contribution < 1.29 is 9.85 Å². The van der Waals surface area contributed by atoms with Gasteiger partial charge in [-0.3, -0.25) is 20.2 Å². The molecule has 6 nitrogen and oxygen atoms in total. The van der Waals surface area contributed by atoms with Gasteiger partial charge >= 0.3 is 11.4 Å². The average Bonchev–Trinajstić information content (AvgIpc) is 2.97. The fourth-order valence-corrected chi connectivity index (χ4v) is 4.12. The van der Waals surface area contributed by atoms with Crippen LogP contribution in [0.4, 0.5) is 11.4 Å². The van der Waals surface area contributed by atoms with Crippen molar-refractivity contribution in [2.75, 3.05) is 0 Å². The molecular formula is C16H8Br2N2O4S. The molecule has 0 aliphatic rings. The fraction of sp³-hybridized carbons (Fsp3) is 0. The summed E-state index contributed by atoms with van der Waals surface area (Å²) in [6, 6.07) is 13.7. The van der Waals surface area contributed by atoms with Crippen LogP contribution in [-0.2, 0) is 0 Å². The van der Waals surface area contributed by atoms with Crippen molar-refractivity contribution in [3.05, 3.63) is 77.7 Å². The number of hydrogen-bond acceptors (Lipinski definition) is 5. The Kier molecular flexibility index (Phi) is 4.98. The molecule has 1 heterocycles. The van der Waals surface area contributed by atoms with E-state index >= 15 is 0 Å². The Hall–Kier alpha value is -2.10. The van der Waals surface area contributed by atoms with E-state index in [1.807, 2.05) is 0 Å². The van der Waals surface area contributed by atoms with Crippen LogP contribution in [0.5, 0.6) is 0 Å². The van der Waals surface area contributed by atoms with Crippen LogP contribution in [0.3, 0.4) is 0 Å². The van der Waals surface area contributed by atoms with Crippen LogP contribution in [0.15, 0.2) is 57.5 Å². The second-order valence-electron chi connectivity index (χ2n) is 4.99. The highest BCUT2D eigenvalue weighted by molar-refractivity contribution is 9.10. The lowest BCUT2D eigenvalue weighted by Gasteiger charge is -1.97. The maximum Gasteiger partial charge on any atom is 0.365 e. The van der Waals surface area contributed by atoms with Gasteiger partial charge in [0, 0.05) is 8.95 Å². The highest BCUT2D eigenvalue weighted by Crippen LogP contribution is 2.51. The quantitative estimate of drug-likeness (QED) is 0.316. The Balaban J connectivity index is 2.30. The van der Waals surface area contributed by atoms with E-state index in [1.165, 1.54) is 0 Å². The van der Waals surface area contributed by atoms with E-state index in [-0.39, 0.29) is 9.75 Å². The largest absolute Gasteiger partial charge is 0.365 e. The van der Waals surface area contributed by atoms with Gasteiger partial charge in [-0.1, -0.05) is 56.1 Å². The lowest BCUT2D eigenvalue weighted by molar-refractivity contribution is -0.420. The van der Waals surface area contributed by atoms with E-state index in [2.05, 4.69) is 31.9 Å². The van der Waals surface area contributed by atoms with Crippen molar-refractivity contribution in [2.45, 2.75) is 0 Å². The van der Waals surface area contributed by atoms with Gasteiger partial charge in [0.2, 0.25) is 0 Å². The normalized spacial score (nSPS) is 10.6. The van der Waals surface area contributed by atoms with Crippen molar-refractivity contribution >= 4 is 54.6 Å². The summed E-state index contributed by atoms with van der Waals surface area (Å²) in [5.74, 6) is 0. The number of rotatable bonds is 4. The zero-order valence-corrected chi connectivity index (χ0v) is 16.3. The molecule has 9 heteroatoms. The van der Waals surface area contributed by atoms with Crippen LogP contribution in [-0.4, -0.2) is 9.85 Å². The van der Waals surface area contributed by atoms with Crippen LogP contribution < -0.4 is 0 Å². The molecule has 0 bridgehead atoms. The Bertz CT molecular complexity index is 891. The summed E-state index contributed by atoms with van der Waals surface area (Å²) < 4.78 is 1.64. The first kappa shape index (κ1) is 17.7. The number of thiophene rings is 1. The molecule has 0 N–H and O–H groups in total. The molecule has 0 unspecified atom stereocenters. The lowest BCUT2D eigenvalue weighted by atomic mass is 10.1. The molecule has 0 aliphatic heterocycles. The summed E-state index contributed by atoms with van der Waals surface area (Å²) in [6.45, 7) is 0. The zero-order valence-electron chi connectivity index (χ0n) is 12.3. The van der Waals surface area contributed by atoms with Gasteiger partial charge in [0.1, 0.15) is 9.75 Å². The summed E-state index contributed by atoms with van der Waals surface area (Å²) >= 11 is 7.66. The van der Waals surface area contributed by atoms with E-state index in [0.29, 0.717) is 11.1 Å². The molecule has 25 heavy (non-hydrogen) atoms. The van der Waals surface area contributed by atoms with Gasteiger partial charge in [0.25, 0.3) is 0 Å². The van der Waals surface area contributed by atoms with Gasteiger partial charge < -0.3 is 0 Å². The molecule has 126 valence electrons. The smallest absolute Gasteiger partial charge is 0.258 e. The van der Waals surface area contributed by atoms with Gasteiger partial charge in [0.15, 0.2) is 0 Å². The van der Waals surface area contributed by atoms with Gasteiger partial charge in [-0.2, -0.15) is 0 Å². The standard InChI is InChI=1S/C16H8Br2N2O4S/c17-11-5-1-9(2-6-11)15-13(19(21)22)14(20(23)24)16(25-15)10-3-7-12(18)8-4-10/h1-8H. The molecule has 2 aromatic carbocycles. The van der Waals surface area contributed by atoms with Gasteiger partial charge in [0.05, 0.1) is 9.85 Å². The fourth-order valence-electron chi connectivity index (χ4n) is 2.35. The monoisotopic (exact) mass is 482 g/mol. The third-order valence-corrected chi connectivity index (χ3v) is 5.76. The molecule has 0 saturated carbocycles. The Morgan fingerprint density at radius 1 is 0.680 bits per heavy atom. The molecule has 0 fully saturated rings. The summed E-state index contributed by atoms with van der Waals surface area (Å²) in [4.78, 5) is 22.3. The maximum absolute atomic E-state index is 11.6. The maximum atomic E-state index is 11.6. The van der Waals surface area contributed by atoms with E-state index in [4.69, 9.17) is 0 Å². The van der Waals surface area contributed by atoms with Crippen molar-refractivity contribution in [3.63, 3.8) is 0 Å². The molecule has 0 spiro atoms. The Labute approximate surface area is 162 Å². The van der Waals surface area contributed by atoms with Crippen molar-refractivity contribution in [3.8, 4) is 20.9 Å². The number of halogens is 2. The van der Waals surface area contributed by atoms with Gasteiger partial charge in [-0.05, 0) is 35.4 Å². The van der Waals surface area contributed by atoms with E-state index < -0.39 is 21.2 Å². The van der Waals surface area contributed by atoms with E-state index in [1.54, 1.807) is 48.5 Å². The molecule has 1 aromatic heterocycles. The summed E-state index contributed by atoms with van der Waals surface area (Å²) in [7, 11) is 0. The summed E-state index contributed by atoms with van der Waals surface area (Å²) in [5.41, 5.74) is 0.170. The van der Waals surface area contributed by atoms with Gasteiger partial charge in [-0.15, -0.1) is 11.3 Å². The van der Waals surface area contributed by atoms with Crippen LogP contribution in [0.1, 0.15) is 0 Å². The first-order valence-corrected chi connectivity index (χ1v) is 9.26. The van der Waals surface area contributed by atoms with Crippen LogP contribution in [0.2, 0.25) is 0 Å². The molecule has 0 amide bonds. The van der Waals surface area contributed by atoms with Gasteiger partial charge in [-0.25, -0.2) is 0 Å². The van der Waals surface area contributed by atoms with E-state index in [9.17, 15) is 20.2 Å². The van der Waals surface area contributed by atoms with Crippen molar-refractivity contribution in [2.24, 2.45) is 0 Å². The number of nitro groups is 2. The summed E-state index contributed by atoms with van der Waals surface area (Å²) in [6.07, 6.45) is 0. The summed E-state index contributed by atoms with van der Waals surface area (Å²) in [5, 5.41) is 23.2. The minimum Gasteiger partial charge on any atom is -0.258 e. The SMILES string of the molecule is O=[N+]([O-])c1c(-c2ccc(Br)cc2)sc(-c2ccc(Br)cc2)c1[N+](=O)[O-]. The number of nitrogens with zero attached hydrogens (tertiary/aromatic N) is 2. The molecule has 0 atom stereocenters. The molecule has 0 radical (unpaired) electrons. The highest BCUT2D eigenvalue weighted by Gasteiger charge is 2.37. The van der Waals surface area contributed by atoms with Crippen molar-refractivity contribution in [1.82, 2.24) is 0 Å². The molecule has 3 aromatic rings. The lowest BCUT2D eigenvalue weighted by Crippen LogP contribution is -1.95. The average molecular weight is 484 g/mol. The molecule has 0 saturated heterocycles. The minimum absolute atomic E-state index is 0.266. The topological polar surface area (TPSA) is 86.3 Å².